The van der Waals surface area contributed by atoms with E-state index in [9.17, 15) is 0 Å². The standard InChI is InChI=1S/C15H23IN2/c1-11-6-5-9-13(15(11)16)14(18-17)10-12-7-3-2-4-8-12/h5-6,9,12,14,18H,2-4,7-8,10,17H2,1H3. The average molecular weight is 358 g/mol. The maximum Gasteiger partial charge on any atom is 0.0473 e. The minimum Gasteiger partial charge on any atom is -0.271 e. The second-order valence-electron chi connectivity index (χ2n) is 5.44. The molecule has 0 saturated heterocycles. The van der Waals surface area contributed by atoms with E-state index in [0.29, 0.717) is 6.04 Å². The van der Waals surface area contributed by atoms with Gasteiger partial charge in [0, 0.05) is 9.61 Å². The van der Waals surface area contributed by atoms with Gasteiger partial charge in [-0.2, -0.15) is 0 Å². The van der Waals surface area contributed by atoms with Crippen LogP contribution in [0.3, 0.4) is 0 Å². The molecular formula is C15H23IN2. The summed E-state index contributed by atoms with van der Waals surface area (Å²) in [6.45, 7) is 2.17. The number of nitrogens with two attached hydrogens (primary N) is 1. The summed E-state index contributed by atoms with van der Waals surface area (Å²) in [5.74, 6) is 6.63. The summed E-state index contributed by atoms with van der Waals surface area (Å²) in [5.41, 5.74) is 5.74. The number of nitrogens with one attached hydrogen (secondary N) is 1. The van der Waals surface area contributed by atoms with E-state index in [1.165, 1.54) is 53.2 Å². The number of benzene rings is 1. The van der Waals surface area contributed by atoms with E-state index >= 15 is 0 Å². The summed E-state index contributed by atoms with van der Waals surface area (Å²) in [4.78, 5) is 0. The van der Waals surface area contributed by atoms with Gasteiger partial charge in [0.15, 0.2) is 0 Å². The van der Waals surface area contributed by atoms with Crippen LogP contribution in [0.5, 0.6) is 0 Å². The molecule has 1 aromatic carbocycles. The molecule has 1 aromatic rings. The van der Waals surface area contributed by atoms with Gasteiger partial charge in [-0.1, -0.05) is 50.3 Å². The lowest BCUT2D eigenvalue weighted by molar-refractivity contribution is 0.300. The molecule has 1 aliphatic rings. The van der Waals surface area contributed by atoms with Crippen LogP contribution >= 0.6 is 22.6 Å². The van der Waals surface area contributed by atoms with Crippen LogP contribution in [0.1, 0.15) is 55.7 Å². The maximum atomic E-state index is 5.79. The van der Waals surface area contributed by atoms with Gasteiger partial charge in [-0.15, -0.1) is 0 Å². The fraction of sp³-hybridized carbons (Fsp3) is 0.600. The van der Waals surface area contributed by atoms with E-state index in [4.69, 9.17) is 5.84 Å². The van der Waals surface area contributed by atoms with Crippen molar-refractivity contribution < 1.29 is 0 Å². The first-order chi connectivity index (χ1) is 8.72. The number of hydrogen-bond donors (Lipinski definition) is 2. The second-order valence-corrected chi connectivity index (χ2v) is 6.52. The number of halogens is 1. The highest BCUT2D eigenvalue weighted by Crippen LogP contribution is 2.33. The third-order valence-corrected chi connectivity index (χ3v) is 5.57. The molecule has 1 aliphatic carbocycles. The normalized spacial score (nSPS) is 18.8. The molecule has 0 aliphatic heterocycles. The highest BCUT2D eigenvalue weighted by atomic mass is 127. The number of aryl methyl sites for hydroxylation is 1. The number of hydrogen-bond acceptors (Lipinski definition) is 2. The molecule has 0 bridgehead atoms. The molecule has 100 valence electrons. The van der Waals surface area contributed by atoms with E-state index in [-0.39, 0.29) is 0 Å². The van der Waals surface area contributed by atoms with Crippen LogP contribution in [-0.4, -0.2) is 0 Å². The molecule has 3 N–H and O–H groups in total. The smallest absolute Gasteiger partial charge is 0.0473 e. The Labute approximate surface area is 124 Å². The van der Waals surface area contributed by atoms with Crippen molar-refractivity contribution in [1.29, 1.82) is 0 Å². The van der Waals surface area contributed by atoms with Gasteiger partial charge >= 0.3 is 0 Å². The molecule has 3 heteroatoms. The molecule has 0 spiro atoms. The summed E-state index contributed by atoms with van der Waals surface area (Å²) in [6, 6.07) is 6.82. The molecule has 1 fully saturated rings. The zero-order valence-corrected chi connectivity index (χ0v) is 13.2. The van der Waals surface area contributed by atoms with Gasteiger partial charge in [-0.05, 0) is 53.0 Å². The van der Waals surface area contributed by atoms with E-state index < -0.39 is 0 Å². The molecule has 18 heavy (non-hydrogen) atoms. The summed E-state index contributed by atoms with van der Waals surface area (Å²) < 4.78 is 1.36. The number of rotatable bonds is 4. The lowest BCUT2D eigenvalue weighted by Crippen LogP contribution is -2.30. The van der Waals surface area contributed by atoms with E-state index in [2.05, 4.69) is 53.1 Å². The van der Waals surface area contributed by atoms with Crippen molar-refractivity contribution >= 4 is 22.6 Å². The van der Waals surface area contributed by atoms with Crippen molar-refractivity contribution in [2.24, 2.45) is 11.8 Å². The van der Waals surface area contributed by atoms with Crippen molar-refractivity contribution in [3.05, 3.63) is 32.9 Å². The Hall–Kier alpha value is -0.130. The SMILES string of the molecule is Cc1cccc(C(CC2CCCCC2)NN)c1I. The first kappa shape index (κ1) is 14.3. The predicted octanol–water partition coefficient (Wildman–Crippen LogP) is 4.07. The monoisotopic (exact) mass is 358 g/mol. The Kier molecular flexibility index (Phi) is 5.45. The Morgan fingerprint density at radius 1 is 1.33 bits per heavy atom. The first-order valence-corrected chi connectivity index (χ1v) is 8.01. The van der Waals surface area contributed by atoms with Gasteiger partial charge in [0.25, 0.3) is 0 Å². The molecule has 0 aromatic heterocycles. The van der Waals surface area contributed by atoms with E-state index in [1.54, 1.807) is 0 Å². The van der Waals surface area contributed by atoms with Crippen LogP contribution in [0.15, 0.2) is 18.2 Å². The maximum absolute atomic E-state index is 5.79. The van der Waals surface area contributed by atoms with Crippen LogP contribution in [0, 0.1) is 16.4 Å². The van der Waals surface area contributed by atoms with E-state index in [0.717, 1.165) is 5.92 Å². The largest absolute Gasteiger partial charge is 0.271 e. The molecule has 0 heterocycles. The molecule has 1 saturated carbocycles. The zero-order valence-electron chi connectivity index (χ0n) is 11.1. The van der Waals surface area contributed by atoms with Gasteiger partial charge < -0.3 is 0 Å². The van der Waals surface area contributed by atoms with Crippen LogP contribution in [0.4, 0.5) is 0 Å². The van der Waals surface area contributed by atoms with Gasteiger partial charge in [0.2, 0.25) is 0 Å². The van der Waals surface area contributed by atoms with Crippen molar-refractivity contribution in [1.82, 2.24) is 5.43 Å². The highest BCUT2D eigenvalue weighted by Gasteiger charge is 2.21. The molecule has 1 unspecified atom stereocenters. The lowest BCUT2D eigenvalue weighted by Gasteiger charge is -2.27. The van der Waals surface area contributed by atoms with Crippen molar-refractivity contribution in [2.75, 3.05) is 0 Å². The quantitative estimate of drug-likeness (QED) is 0.484. The molecule has 0 amide bonds. The van der Waals surface area contributed by atoms with Gasteiger partial charge in [-0.25, -0.2) is 0 Å². The molecule has 1 atom stereocenters. The van der Waals surface area contributed by atoms with Crippen molar-refractivity contribution in [3.8, 4) is 0 Å². The minimum atomic E-state index is 0.305. The first-order valence-electron chi connectivity index (χ1n) is 6.93. The summed E-state index contributed by atoms with van der Waals surface area (Å²) in [5, 5.41) is 0. The molecule has 0 radical (unpaired) electrons. The fourth-order valence-electron chi connectivity index (χ4n) is 2.98. The third-order valence-electron chi connectivity index (χ3n) is 4.09. The number of hydrazine groups is 1. The molecular weight excluding hydrogens is 335 g/mol. The van der Waals surface area contributed by atoms with Crippen LogP contribution in [-0.2, 0) is 0 Å². The fourth-order valence-corrected chi connectivity index (χ4v) is 3.72. The molecule has 2 nitrogen and oxygen atoms in total. The molecule has 2 rings (SSSR count). The Morgan fingerprint density at radius 3 is 2.72 bits per heavy atom. The van der Waals surface area contributed by atoms with Crippen molar-refractivity contribution in [3.63, 3.8) is 0 Å². The van der Waals surface area contributed by atoms with Gasteiger partial charge in [0.1, 0.15) is 0 Å². The predicted molar refractivity (Wildman–Crippen MR) is 85.2 cm³/mol. The summed E-state index contributed by atoms with van der Waals surface area (Å²) in [7, 11) is 0. The summed E-state index contributed by atoms with van der Waals surface area (Å²) in [6.07, 6.45) is 8.13. The minimum absolute atomic E-state index is 0.305. The topological polar surface area (TPSA) is 38.0 Å². The Bertz CT molecular complexity index is 386. The highest BCUT2D eigenvalue weighted by molar-refractivity contribution is 14.1. The van der Waals surface area contributed by atoms with Crippen LogP contribution in [0.25, 0.3) is 0 Å². The Morgan fingerprint density at radius 2 is 2.06 bits per heavy atom. The lowest BCUT2D eigenvalue weighted by atomic mass is 9.83. The third kappa shape index (κ3) is 3.45. The second kappa shape index (κ2) is 6.87. The van der Waals surface area contributed by atoms with Crippen LogP contribution < -0.4 is 11.3 Å². The Balaban J connectivity index is 2.09. The van der Waals surface area contributed by atoms with Gasteiger partial charge in [-0.3, -0.25) is 11.3 Å². The van der Waals surface area contributed by atoms with Gasteiger partial charge in [0.05, 0.1) is 0 Å². The van der Waals surface area contributed by atoms with E-state index in [1.807, 2.05) is 0 Å². The zero-order chi connectivity index (χ0) is 13.0. The average Bonchev–Trinajstić information content (AvgIpc) is 2.41. The summed E-state index contributed by atoms with van der Waals surface area (Å²) >= 11 is 2.44. The van der Waals surface area contributed by atoms with Crippen LogP contribution in [0.2, 0.25) is 0 Å². The van der Waals surface area contributed by atoms with Crippen molar-refractivity contribution in [2.45, 2.75) is 51.5 Å².